The minimum Gasteiger partial charge on any atom is -0.399 e. The van der Waals surface area contributed by atoms with E-state index in [9.17, 15) is 0 Å². The number of hydrogen-bond donors (Lipinski definition) is 0. The summed E-state index contributed by atoms with van der Waals surface area (Å²) in [5.41, 5.74) is 2.19. The number of hydrogen-bond acceptors (Lipinski definition) is 1. The Labute approximate surface area is 141 Å². The molecule has 2 aromatic carbocycles. The molecular weight excluding hydrogens is 296 g/mol. The van der Waals surface area contributed by atoms with Gasteiger partial charge in [0, 0.05) is 5.56 Å². The highest BCUT2D eigenvalue weighted by Gasteiger charge is 2.32. The molecule has 0 aliphatic rings. The summed E-state index contributed by atoms with van der Waals surface area (Å²) in [5, 5.41) is 0. The fraction of sp³-hybridized carbons (Fsp3) is 0.333. The van der Waals surface area contributed by atoms with Gasteiger partial charge in [-0.3, -0.25) is 0 Å². The van der Waals surface area contributed by atoms with E-state index in [2.05, 4.69) is 56.9 Å². The number of rotatable bonds is 6. The van der Waals surface area contributed by atoms with Crippen LogP contribution in [0.2, 0.25) is 18.1 Å². The van der Waals surface area contributed by atoms with E-state index in [1.807, 2.05) is 36.4 Å². The third-order valence-corrected chi connectivity index (χ3v) is 9.13. The van der Waals surface area contributed by atoms with Crippen molar-refractivity contribution < 1.29 is 4.43 Å². The maximum Gasteiger partial charge on any atom is 0.194 e. The molecule has 1 atom stereocenters. The van der Waals surface area contributed by atoms with Crippen molar-refractivity contribution in [3.05, 3.63) is 71.8 Å². The van der Waals surface area contributed by atoms with E-state index >= 15 is 0 Å². The van der Waals surface area contributed by atoms with Gasteiger partial charge in [0.1, 0.15) is 6.10 Å². The Hall–Kier alpha value is -1.82. The van der Waals surface area contributed by atoms with Crippen LogP contribution in [0.1, 0.15) is 38.0 Å². The Morgan fingerprint density at radius 1 is 0.826 bits per heavy atom. The van der Waals surface area contributed by atoms with Crippen molar-refractivity contribution in [3.8, 4) is 11.8 Å². The molecule has 0 aliphatic carbocycles. The molecule has 0 heterocycles. The van der Waals surface area contributed by atoms with Gasteiger partial charge in [0.05, 0.1) is 0 Å². The molecule has 0 N–H and O–H groups in total. The highest BCUT2D eigenvalue weighted by Crippen LogP contribution is 2.29. The lowest BCUT2D eigenvalue weighted by Crippen LogP contribution is -2.37. The Morgan fingerprint density at radius 3 is 1.87 bits per heavy atom. The lowest BCUT2D eigenvalue weighted by molar-refractivity contribution is 0.247. The quantitative estimate of drug-likeness (QED) is 0.482. The van der Waals surface area contributed by atoms with E-state index in [0.717, 1.165) is 29.3 Å². The first-order valence-electron chi connectivity index (χ1n) is 8.52. The van der Waals surface area contributed by atoms with E-state index < -0.39 is 8.32 Å². The average molecular weight is 323 g/mol. The maximum absolute atomic E-state index is 6.66. The first-order valence-corrected chi connectivity index (χ1v) is 11.1. The molecule has 23 heavy (non-hydrogen) atoms. The Morgan fingerprint density at radius 2 is 1.35 bits per heavy atom. The third kappa shape index (κ3) is 4.82. The largest absolute Gasteiger partial charge is 0.399 e. The molecule has 2 rings (SSSR count). The van der Waals surface area contributed by atoms with Gasteiger partial charge in [-0.15, -0.1) is 0 Å². The Bertz CT molecular complexity index is 628. The van der Waals surface area contributed by atoms with Crippen molar-refractivity contribution in [3.63, 3.8) is 0 Å². The van der Waals surface area contributed by atoms with E-state index in [0.29, 0.717) is 0 Å². The average Bonchev–Trinajstić information content (AvgIpc) is 2.64. The van der Waals surface area contributed by atoms with Gasteiger partial charge in [-0.25, -0.2) is 0 Å². The molecular formula is C21H26OSi. The molecule has 0 saturated carbocycles. The van der Waals surface area contributed by atoms with Crippen molar-refractivity contribution in [2.24, 2.45) is 0 Å². The second-order valence-corrected chi connectivity index (χ2v) is 10.5. The van der Waals surface area contributed by atoms with Gasteiger partial charge in [-0.05, 0) is 35.8 Å². The normalized spacial score (nSPS) is 12.3. The van der Waals surface area contributed by atoms with Gasteiger partial charge in [0.15, 0.2) is 8.32 Å². The summed E-state index contributed by atoms with van der Waals surface area (Å²) in [6.07, 6.45) is -0.136. The topological polar surface area (TPSA) is 9.23 Å². The summed E-state index contributed by atoms with van der Waals surface area (Å²) in [6, 6.07) is 23.9. The van der Waals surface area contributed by atoms with Gasteiger partial charge in [-0.1, -0.05) is 81.1 Å². The molecule has 2 heteroatoms. The first kappa shape index (κ1) is 17.5. The van der Waals surface area contributed by atoms with Crippen LogP contribution >= 0.6 is 0 Å². The lowest BCUT2D eigenvalue weighted by atomic mass is 10.1. The molecule has 120 valence electrons. The summed E-state index contributed by atoms with van der Waals surface area (Å²) in [5.74, 6) is 6.66. The zero-order valence-electron chi connectivity index (χ0n) is 14.4. The predicted octanol–water partition coefficient (Wildman–Crippen LogP) is 5.80. The molecule has 0 aromatic heterocycles. The molecule has 0 amide bonds. The zero-order valence-corrected chi connectivity index (χ0v) is 15.4. The second-order valence-electron chi connectivity index (χ2n) is 5.79. The molecule has 0 radical (unpaired) electrons. The molecule has 0 spiro atoms. The summed E-state index contributed by atoms with van der Waals surface area (Å²) >= 11 is 0. The minimum atomic E-state index is -1.70. The summed E-state index contributed by atoms with van der Waals surface area (Å²) in [6.45, 7) is 6.77. The summed E-state index contributed by atoms with van der Waals surface area (Å²) < 4.78 is 6.66. The Balaban J connectivity index is 2.32. The fourth-order valence-electron chi connectivity index (χ4n) is 2.73. The first-order chi connectivity index (χ1) is 11.2. The van der Waals surface area contributed by atoms with Gasteiger partial charge in [0.25, 0.3) is 0 Å². The van der Waals surface area contributed by atoms with Crippen LogP contribution in [-0.4, -0.2) is 8.32 Å². The van der Waals surface area contributed by atoms with E-state index in [1.165, 1.54) is 0 Å². The standard InChI is InChI=1S/C21H26OSi/c1-4-23(5-2,6-3)22-21(20-15-11-8-12-16-20)18-17-19-13-9-7-10-14-19/h7-16,21H,4-6H2,1-3H3/t21-/m0/s1. The molecule has 0 fully saturated rings. The Kier molecular flexibility index (Phi) is 6.64. The van der Waals surface area contributed by atoms with Gasteiger partial charge in [0.2, 0.25) is 0 Å². The highest BCUT2D eigenvalue weighted by molar-refractivity contribution is 6.73. The summed E-state index contributed by atoms with van der Waals surface area (Å²) in [7, 11) is -1.70. The lowest BCUT2D eigenvalue weighted by Gasteiger charge is -2.31. The molecule has 0 saturated heterocycles. The van der Waals surface area contributed by atoms with Crippen LogP contribution in [0.3, 0.4) is 0 Å². The molecule has 0 bridgehead atoms. The van der Waals surface area contributed by atoms with Crippen molar-refractivity contribution in [2.75, 3.05) is 0 Å². The monoisotopic (exact) mass is 322 g/mol. The molecule has 0 unspecified atom stereocenters. The fourth-order valence-corrected chi connectivity index (χ4v) is 5.42. The van der Waals surface area contributed by atoms with Crippen LogP contribution in [0.5, 0.6) is 0 Å². The highest BCUT2D eigenvalue weighted by atomic mass is 28.4. The van der Waals surface area contributed by atoms with Gasteiger partial charge < -0.3 is 4.43 Å². The smallest absolute Gasteiger partial charge is 0.194 e. The summed E-state index contributed by atoms with van der Waals surface area (Å²) in [4.78, 5) is 0. The van der Waals surface area contributed by atoms with Crippen LogP contribution in [0.4, 0.5) is 0 Å². The van der Waals surface area contributed by atoms with E-state index in [4.69, 9.17) is 4.43 Å². The van der Waals surface area contributed by atoms with Gasteiger partial charge in [-0.2, -0.15) is 0 Å². The van der Waals surface area contributed by atoms with E-state index in [1.54, 1.807) is 0 Å². The van der Waals surface area contributed by atoms with Crippen molar-refractivity contribution in [1.82, 2.24) is 0 Å². The predicted molar refractivity (Wildman–Crippen MR) is 101 cm³/mol. The zero-order chi connectivity index (χ0) is 16.5. The van der Waals surface area contributed by atoms with Crippen LogP contribution in [-0.2, 0) is 4.43 Å². The van der Waals surface area contributed by atoms with Crippen LogP contribution in [0.25, 0.3) is 0 Å². The SMILES string of the molecule is CC[Si](CC)(CC)O[C@@H](C#Cc1ccccc1)c1ccccc1. The second kappa shape index (κ2) is 8.72. The van der Waals surface area contributed by atoms with Crippen LogP contribution in [0, 0.1) is 11.8 Å². The number of benzene rings is 2. The van der Waals surface area contributed by atoms with E-state index in [-0.39, 0.29) is 6.10 Å². The van der Waals surface area contributed by atoms with Crippen LogP contribution in [0.15, 0.2) is 60.7 Å². The minimum absolute atomic E-state index is 0.136. The van der Waals surface area contributed by atoms with Crippen molar-refractivity contribution in [1.29, 1.82) is 0 Å². The molecule has 0 aliphatic heterocycles. The van der Waals surface area contributed by atoms with Crippen LogP contribution < -0.4 is 0 Å². The van der Waals surface area contributed by atoms with Gasteiger partial charge >= 0.3 is 0 Å². The third-order valence-electron chi connectivity index (χ3n) is 4.52. The molecule has 1 nitrogen and oxygen atoms in total. The van der Waals surface area contributed by atoms with Crippen molar-refractivity contribution in [2.45, 2.75) is 45.0 Å². The van der Waals surface area contributed by atoms with Crippen molar-refractivity contribution >= 4 is 8.32 Å². The molecule has 2 aromatic rings. The maximum atomic E-state index is 6.66.